The number of ether oxygens (including phenoxy) is 1. The zero-order valence-corrected chi connectivity index (χ0v) is 16.8. The number of hydrogen-bond acceptors (Lipinski definition) is 5. The number of benzene rings is 2. The van der Waals surface area contributed by atoms with Crippen LogP contribution in [0.15, 0.2) is 70.2 Å². The molecule has 32 heavy (non-hydrogen) atoms. The van der Waals surface area contributed by atoms with Crippen molar-refractivity contribution in [3.05, 3.63) is 72.0 Å². The fraction of sp³-hybridized carbons (Fsp3) is 0.136. The van der Waals surface area contributed by atoms with Crippen LogP contribution in [0.2, 0.25) is 0 Å². The van der Waals surface area contributed by atoms with Gasteiger partial charge in [-0.3, -0.25) is 9.59 Å². The van der Waals surface area contributed by atoms with E-state index >= 15 is 0 Å². The molecule has 166 valence electrons. The van der Waals surface area contributed by atoms with E-state index in [1.165, 1.54) is 24.3 Å². The summed E-state index contributed by atoms with van der Waals surface area (Å²) in [5.41, 5.74) is 1.88. The summed E-state index contributed by atoms with van der Waals surface area (Å²) in [5.74, 6) is -0.959. The summed E-state index contributed by atoms with van der Waals surface area (Å²) in [5, 5.41) is 6.03. The van der Waals surface area contributed by atoms with Crippen LogP contribution in [0.3, 0.4) is 0 Å². The van der Waals surface area contributed by atoms with Gasteiger partial charge in [-0.05, 0) is 55.5 Å². The highest BCUT2D eigenvalue weighted by atomic mass is 19.4. The van der Waals surface area contributed by atoms with E-state index in [2.05, 4.69) is 10.4 Å². The summed E-state index contributed by atoms with van der Waals surface area (Å²) in [6.07, 6.45) is -3.34. The Balaban J connectivity index is 1.56. The van der Waals surface area contributed by atoms with Gasteiger partial charge >= 0.3 is 18.0 Å². The lowest BCUT2D eigenvalue weighted by Gasteiger charge is -2.07. The van der Waals surface area contributed by atoms with E-state index in [0.29, 0.717) is 18.0 Å². The van der Waals surface area contributed by atoms with Gasteiger partial charge in [0.05, 0.1) is 18.4 Å². The molecule has 0 saturated carbocycles. The van der Waals surface area contributed by atoms with Crippen molar-refractivity contribution >= 4 is 23.7 Å². The van der Waals surface area contributed by atoms with E-state index in [1.807, 2.05) is 12.3 Å². The first-order valence-corrected chi connectivity index (χ1v) is 9.41. The molecule has 1 aromatic heterocycles. The van der Waals surface area contributed by atoms with Crippen LogP contribution < -0.4 is 15.5 Å². The fourth-order valence-electron chi connectivity index (χ4n) is 2.62. The zero-order valence-electron chi connectivity index (χ0n) is 16.8. The predicted octanol–water partition coefficient (Wildman–Crippen LogP) is 4.45. The van der Waals surface area contributed by atoms with Crippen LogP contribution in [-0.4, -0.2) is 24.6 Å². The third-order valence-corrected chi connectivity index (χ3v) is 4.09. The molecule has 0 radical (unpaired) electrons. The van der Waals surface area contributed by atoms with Gasteiger partial charge < -0.3 is 14.5 Å². The second-order valence-electron chi connectivity index (χ2n) is 6.39. The van der Waals surface area contributed by atoms with Crippen LogP contribution in [0, 0.1) is 0 Å². The lowest BCUT2D eigenvalue weighted by Crippen LogP contribution is -2.32. The maximum atomic E-state index is 12.9. The number of nitrogens with one attached hydrogen (secondary N) is 2. The highest BCUT2D eigenvalue weighted by Gasteiger charge is 2.30. The summed E-state index contributed by atoms with van der Waals surface area (Å²) in [6, 6.07) is 14.1. The normalized spacial score (nSPS) is 11.4. The molecule has 2 amide bonds. The zero-order chi connectivity index (χ0) is 23.1. The van der Waals surface area contributed by atoms with Crippen LogP contribution in [0.25, 0.3) is 11.3 Å². The first kappa shape index (κ1) is 22.6. The van der Waals surface area contributed by atoms with Gasteiger partial charge in [0.2, 0.25) is 0 Å². The van der Waals surface area contributed by atoms with Crippen molar-refractivity contribution in [2.75, 3.05) is 11.9 Å². The minimum atomic E-state index is -4.47. The lowest BCUT2D eigenvalue weighted by molar-refractivity contribution is -0.137. The Labute approximate surface area is 180 Å². The molecule has 2 aromatic carbocycles. The number of hydrazone groups is 1. The molecular weight excluding hydrogens is 427 g/mol. The van der Waals surface area contributed by atoms with E-state index < -0.39 is 23.6 Å². The second kappa shape index (κ2) is 9.82. The average molecular weight is 445 g/mol. The highest BCUT2D eigenvalue weighted by Crippen LogP contribution is 2.32. The van der Waals surface area contributed by atoms with Crippen molar-refractivity contribution < 1.29 is 31.9 Å². The van der Waals surface area contributed by atoms with Gasteiger partial charge in [0.15, 0.2) is 0 Å². The molecule has 7 nitrogen and oxygen atoms in total. The standard InChI is InChI=1S/C22H18F3N3O4/c1-2-31-17-8-6-16(7-9-17)27-20(29)21(30)28-26-13-18-10-11-19(32-18)14-4-3-5-15(12-14)22(23,24)25/h3-13H,2H2,1H3,(H,27,29)(H,28,30)/b26-13+. The molecule has 0 aliphatic heterocycles. The molecule has 0 aliphatic rings. The van der Waals surface area contributed by atoms with Crippen LogP contribution >= 0.6 is 0 Å². The minimum Gasteiger partial charge on any atom is -0.494 e. The number of amides is 2. The van der Waals surface area contributed by atoms with Crippen molar-refractivity contribution in [1.29, 1.82) is 0 Å². The quantitative estimate of drug-likeness (QED) is 0.333. The smallest absolute Gasteiger partial charge is 0.416 e. The number of carbonyl (C=O) groups excluding carboxylic acids is 2. The van der Waals surface area contributed by atoms with Crippen LogP contribution in [0.4, 0.5) is 18.9 Å². The SMILES string of the molecule is CCOc1ccc(NC(=O)C(=O)N/N=C/c2ccc(-c3cccc(C(F)(F)F)c3)o2)cc1. The third kappa shape index (κ3) is 5.97. The van der Waals surface area contributed by atoms with Crippen LogP contribution in [0.1, 0.15) is 18.2 Å². The number of alkyl halides is 3. The van der Waals surface area contributed by atoms with Gasteiger partial charge in [-0.1, -0.05) is 12.1 Å². The van der Waals surface area contributed by atoms with E-state index in [1.54, 1.807) is 24.3 Å². The van der Waals surface area contributed by atoms with Gasteiger partial charge in [-0.15, -0.1) is 0 Å². The molecule has 0 bridgehead atoms. The molecule has 10 heteroatoms. The number of carbonyl (C=O) groups is 2. The van der Waals surface area contributed by atoms with Crippen molar-refractivity contribution in [1.82, 2.24) is 5.43 Å². The molecule has 3 rings (SSSR count). The predicted molar refractivity (Wildman–Crippen MR) is 111 cm³/mol. The van der Waals surface area contributed by atoms with Gasteiger partial charge in [-0.25, -0.2) is 5.43 Å². The third-order valence-electron chi connectivity index (χ3n) is 4.09. The summed E-state index contributed by atoms with van der Waals surface area (Å²) >= 11 is 0. The summed E-state index contributed by atoms with van der Waals surface area (Å²) in [7, 11) is 0. The number of furan rings is 1. The topological polar surface area (TPSA) is 92.9 Å². The largest absolute Gasteiger partial charge is 0.494 e. The fourth-order valence-corrected chi connectivity index (χ4v) is 2.62. The molecule has 0 atom stereocenters. The Kier molecular flexibility index (Phi) is 6.93. The van der Waals surface area contributed by atoms with Gasteiger partial charge in [-0.2, -0.15) is 18.3 Å². The van der Waals surface area contributed by atoms with Crippen molar-refractivity contribution in [2.24, 2.45) is 5.10 Å². The summed E-state index contributed by atoms with van der Waals surface area (Å²) < 4.78 is 49.3. The van der Waals surface area contributed by atoms with E-state index in [4.69, 9.17) is 9.15 Å². The molecule has 0 saturated heterocycles. The lowest BCUT2D eigenvalue weighted by atomic mass is 10.1. The monoisotopic (exact) mass is 445 g/mol. The highest BCUT2D eigenvalue weighted by molar-refractivity contribution is 6.39. The molecular formula is C22H18F3N3O4. The number of hydrogen-bond donors (Lipinski definition) is 2. The summed E-state index contributed by atoms with van der Waals surface area (Å²) in [4.78, 5) is 23.8. The van der Waals surface area contributed by atoms with Crippen LogP contribution in [0.5, 0.6) is 5.75 Å². The van der Waals surface area contributed by atoms with E-state index in [9.17, 15) is 22.8 Å². The van der Waals surface area contributed by atoms with Crippen molar-refractivity contribution in [3.63, 3.8) is 0 Å². The number of rotatable bonds is 6. The Hall–Kier alpha value is -4.08. The average Bonchev–Trinajstić information content (AvgIpc) is 3.24. The van der Waals surface area contributed by atoms with Gasteiger partial charge in [0.1, 0.15) is 17.3 Å². The minimum absolute atomic E-state index is 0.171. The molecule has 0 spiro atoms. The summed E-state index contributed by atoms with van der Waals surface area (Å²) in [6.45, 7) is 2.35. The second-order valence-corrected chi connectivity index (χ2v) is 6.39. The molecule has 0 unspecified atom stereocenters. The van der Waals surface area contributed by atoms with E-state index in [-0.39, 0.29) is 17.1 Å². The van der Waals surface area contributed by atoms with E-state index in [0.717, 1.165) is 18.3 Å². The maximum absolute atomic E-state index is 12.9. The first-order chi connectivity index (χ1) is 15.3. The molecule has 3 aromatic rings. The van der Waals surface area contributed by atoms with Crippen molar-refractivity contribution in [2.45, 2.75) is 13.1 Å². The number of halogens is 3. The first-order valence-electron chi connectivity index (χ1n) is 9.41. The molecule has 0 fully saturated rings. The molecule has 1 heterocycles. The van der Waals surface area contributed by atoms with Gasteiger partial charge in [0, 0.05) is 11.3 Å². The Morgan fingerprint density at radius 1 is 1.06 bits per heavy atom. The van der Waals surface area contributed by atoms with Gasteiger partial charge in [0.25, 0.3) is 0 Å². The van der Waals surface area contributed by atoms with Crippen molar-refractivity contribution in [3.8, 4) is 17.1 Å². The number of anilines is 1. The molecule has 2 N–H and O–H groups in total. The molecule has 0 aliphatic carbocycles. The van der Waals surface area contributed by atoms with Crippen LogP contribution in [-0.2, 0) is 15.8 Å². The Morgan fingerprint density at radius 3 is 2.50 bits per heavy atom. The maximum Gasteiger partial charge on any atom is 0.416 e. The Morgan fingerprint density at radius 2 is 1.81 bits per heavy atom. The Bertz CT molecular complexity index is 1120. The number of nitrogens with zero attached hydrogens (tertiary/aromatic N) is 1.